The van der Waals surface area contributed by atoms with Crippen molar-refractivity contribution in [2.45, 2.75) is 13.2 Å². The van der Waals surface area contributed by atoms with Gasteiger partial charge in [-0.1, -0.05) is 35.9 Å². The molecule has 0 radical (unpaired) electrons. The van der Waals surface area contributed by atoms with E-state index in [1.807, 2.05) is 24.3 Å². The Hall–Kier alpha value is -1.91. The lowest BCUT2D eigenvalue weighted by Crippen LogP contribution is -2.23. The fourth-order valence-electron chi connectivity index (χ4n) is 1.82. The number of methoxy groups -OCH3 is 1. The number of nitrogens with zero attached hydrogens (tertiary/aromatic N) is 1. The van der Waals surface area contributed by atoms with Gasteiger partial charge in [0, 0.05) is 26.0 Å². The molecule has 20 heavy (non-hydrogen) atoms. The zero-order valence-electron chi connectivity index (χ0n) is 11.1. The highest BCUT2D eigenvalue weighted by Gasteiger charge is 2.09. The maximum atomic E-state index is 12.0. The molecule has 1 aromatic carbocycles. The molecule has 0 unspecified atom stereocenters. The molecular formula is C15H15ClN2O2. The maximum Gasteiger partial charge on any atom is 0.254 e. The van der Waals surface area contributed by atoms with Crippen molar-refractivity contribution in [3.8, 4) is 0 Å². The van der Waals surface area contributed by atoms with Gasteiger partial charge in [0.05, 0.1) is 17.2 Å². The van der Waals surface area contributed by atoms with Gasteiger partial charge >= 0.3 is 0 Å². The van der Waals surface area contributed by atoms with Gasteiger partial charge in [0.2, 0.25) is 0 Å². The van der Waals surface area contributed by atoms with E-state index in [1.54, 1.807) is 19.4 Å². The second-order valence-electron chi connectivity index (χ2n) is 4.29. The molecule has 0 spiro atoms. The van der Waals surface area contributed by atoms with Crippen LogP contribution in [0.2, 0.25) is 5.02 Å². The van der Waals surface area contributed by atoms with Crippen LogP contribution in [-0.2, 0) is 17.9 Å². The van der Waals surface area contributed by atoms with Crippen LogP contribution in [0.4, 0.5) is 0 Å². The van der Waals surface area contributed by atoms with Crippen LogP contribution >= 0.6 is 11.6 Å². The van der Waals surface area contributed by atoms with Gasteiger partial charge in [-0.25, -0.2) is 0 Å². The topological polar surface area (TPSA) is 51.2 Å². The zero-order chi connectivity index (χ0) is 14.4. The van der Waals surface area contributed by atoms with E-state index in [9.17, 15) is 4.79 Å². The Morgan fingerprint density at radius 3 is 2.90 bits per heavy atom. The van der Waals surface area contributed by atoms with Crippen molar-refractivity contribution in [3.05, 3.63) is 64.4 Å². The predicted octanol–water partition coefficient (Wildman–Crippen LogP) is 2.81. The van der Waals surface area contributed by atoms with Crippen LogP contribution in [-0.4, -0.2) is 18.0 Å². The summed E-state index contributed by atoms with van der Waals surface area (Å²) in [4.78, 5) is 15.9. The first-order chi connectivity index (χ1) is 9.70. The summed E-state index contributed by atoms with van der Waals surface area (Å²) in [6, 6.07) is 9.45. The van der Waals surface area contributed by atoms with Crippen molar-refractivity contribution >= 4 is 17.5 Å². The number of carbonyl (C=O) groups excluding carboxylic acids is 1. The van der Waals surface area contributed by atoms with Gasteiger partial charge < -0.3 is 10.1 Å². The number of carbonyl (C=O) groups is 1. The molecule has 0 atom stereocenters. The van der Waals surface area contributed by atoms with Gasteiger partial charge in [-0.3, -0.25) is 9.78 Å². The molecule has 0 fully saturated rings. The van der Waals surface area contributed by atoms with E-state index in [0.29, 0.717) is 23.7 Å². The molecule has 1 N–H and O–H groups in total. The van der Waals surface area contributed by atoms with Gasteiger partial charge in [0.25, 0.3) is 5.91 Å². The van der Waals surface area contributed by atoms with Gasteiger partial charge in [-0.05, 0) is 17.2 Å². The van der Waals surface area contributed by atoms with E-state index < -0.39 is 0 Å². The minimum atomic E-state index is -0.236. The number of hydrogen-bond donors (Lipinski definition) is 1. The molecule has 2 aromatic rings. The molecule has 104 valence electrons. The first-order valence-corrected chi connectivity index (χ1v) is 6.53. The minimum absolute atomic E-state index is 0.236. The molecule has 1 aromatic heterocycles. The molecule has 0 aliphatic carbocycles. The minimum Gasteiger partial charge on any atom is -0.380 e. The van der Waals surface area contributed by atoms with E-state index in [1.165, 1.54) is 6.20 Å². The van der Waals surface area contributed by atoms with Gasteiger partial charge in [-0.15, -0.1) is 0 Å². The average Bonchev–Trinajstić information content (AvgIpc) is 2.46. The normalized spacial score (nSPS) is 10.3. The number of hydrogen-bond acceptors (Lipinski definition) is 3. The number of nitrogens with one attached hydrogen (secondary N) is 1. The SMILES string of the molecule is COCc1cccc(CNC(=O)c2cnccc2Cl)c1. The van der Waals surface area contributed by atoms with Crippen LogP contribution in [0.5, 0.6) is 0 Å². The van der Waals surface area contributed by atoms with Crippen LogP contribution in [0, 0.1) is 0 Å². The van der Waals surface area contributed by atoms with Crippen molar-refractivity contribution in [2.75, 3.05) is 7.11 Å². The van der Waals surface area contributed by atoms with E-state index in [0.717, 1.165) is 11.1 Å². The first kappa shape index (κ1) is 14.5. The number of benzene rings is 1. The molecule has 0 aliphatic rings. The summed E-state index contributed by atoms with van der Waals surface area (Å²) in [6.07, 6.45) is 3.01. The third-order valence-corrected chi connectivity index (χ3v) is 3.10. The Kier molecular flexibility index (Phi) is 5.09. The lowest BCUT2D eigenvalue weighted by molar-refractivity contribution is 0.0950. The van der Waals surface area contributed by atoms with Crippen molar-refractivity contribution in [3.63, 3.8) is 0 Å². The molecule has 4 nitrogen and oxygen atoms in total. The predicted molar refractivity (Wildman–Crippen MR) is 77.6 cm³/mol. The van der Waals surface area contributed by atoms with Crippen molar-refractivity contribution in [1.29, 1.82) is 0 Å². The number of amides is 1. The van der Waals surface area contributed by atoms with Crippen LogP contribution < -0.4 is 5.32 Å². The first-order valence-electron chi connectivity index (χ1n) is 6.15. The second kappa shape index (κ2) is 7.03. The van der Waals surface area contributed by atoms with Gasteiger partial charge in [-0.2, -0.15) is 0 Å². The summed E-state index contributed by atoms with van der Waals surface area (Å²) in [7, 11) is 1.65. The van der Waals surface area contributed by atoms with Gasteiger partial charge in [0.15, 0.2) is 0 Å². The largest absolute Gasteiger partial charge is 0.380 e. The van der Waals surface area contributed by atoms with Crippen molar-refractivity contribution in [2.24, 2.45) is 0 Å². The maximum absolute atomic E-state index is 12.0. The third-order valence-electron chi connectivity index (χ3n) is 2.77. The van der Waals surface area contributed by atoms with Crippen LogP contribution in [0.15, 0.2) is 42.7 Å². The number of aromatic nitrogens is 1. The Balaban J connectivity index is 2.00. The Morgan fingerprint density at radius 2 is 2.15 bits per heavy atom. The molecule has 0 bridgehead atoms. The lowest BCUT2D eigenvalue weighted by Gasteiger charge is -2.08. The molecule has 0 saturated heterocycles. The van der Waals surface area contributed by atoms with E-state index in [4.69, 9.17) is 16.3 Å². The fraction of sp³-hybridized carbons (Fsp3) is 0.200. The van der Waals surface area contributed by atoms with E-state index in [2.05, 4.69) is 10.3 Å². The summed E-state index contributed by atoms with van der Waals surface area (Å²) in [5, 5.41) is 3.22. The monoisotopic (exact) mass is 290 g/mol. The summed E-state index contributed by atoms with van der Waals surface area (Å²) in [6.45, 7) is 0.984. The Morgan fingerprint density at radius 1 is 1.35 bits per heavy atom. The van der Waals surface area contributed by atoms with Crippen LogP contribution in [0.3, 0.4) is 0 Å². The number of halogens is 1. The third kappa shape index (κ3) is 3.79. The molecule has 0 aliphatic heterocycles. The van der Waals surface area contributed by atoms with E-state index in [-0.39, 0.29) is 5.91 Å². The standard InChI is InChI=1S/C15H15ClN2O2/c1-20-10-12-4-2-3-11(7-12)8-18-15(19)13-9-17-6-5-14(13)16/h2-7,9H,8,10H2,1H3,(H,18,19). The Labute approximate surface area is 122 Å². The number of rotatable bonds is 5. The van der Waals surface area contributed by atoms with Crippen LogP contribution in [0.25, 0.3) is 0 Å². The second-order valence-corrected chi connectivity index (χ2v) is 4.70. The van der Waals surface area contributed by atoms with Gasteiger partial charge in [0.1, 0.15) is 0 Å². The Bertz CT molecular complexity index is 602. The average molecular weight is 291 g/mol. The molecule has 0 saturated carbocycles. The summed E-state index contributed by atoms with van der Waals surface area (Å²) in [5.74, 6) is -0.236. The van der Waals surface area contributed by atoms with Crippen molar-refractivity contribution < 1.29 is 9.53 Å². The highest BCUT2D eigenvalue weighted by molar-refractivity contribution is 6.33. The summed E-state index contributed by atoms with van der Waals surface area (Å²) >= 11 is 5.95. The molecule has 1 heterocycles. The highest BCUT2D eigenvalue weighted by atomic mass is 35.5. The van der Waals surface area contributed by atoms with Crippen LogP contribution in [0.1, 0.15) is 21.5 Å². The lowest BCUT2D eigenvalue weighted by atomic mass is 10.1. The molecule has 5 heteroatoms. The smallest absolute Gasteiger partial charge is 0.254 e. The quantitative estimate of drug-likeness (QED) is 0.921. The molecule has 1 amide bonds. The van der Waals surface area contributed by atoms with E-state index >= 15 is 0 Å². The molecular weight excluding hydrogens is 276 g/mol. The highest BCUT2D eigenvalue weighted by Crippen LogP contribution is 2.13. The fourth-order valence-corrected chi connectivity index (χ4v) is 2.01. The number of pyridine rings is 1. The summed E-state index contributed by atoms with van der Waals surface area (Å²) in [5.41, 5.74) is 2.45. The molecule has 2 rings (SSSR count). The number of ether oxygens (including phenoxy) is 1. The van der Waals surface area contributed by atoms with Crippen molar-refractivity contribution in [1.82, 2.24) is 10.3 Å². The zero-order valence-corrected chi connectivity index (χ0v) is 11.9. The summed E-state index contributed by atoms with van der Waals surface area (Å²) < 4.78 is 5.08.